The van der Waals surface area contributed by atoms with E-state index in [2.05, 4.69) is 5.32 Å². The number of nitrogens with one attached hydrogen (secondary N) is 1. The first-order chi connectivity index (χ1) is 9.28. The van der Waals surface area contributed by atoms with Gasteiger partial charge in [0, 0.05) is 0 Å². The monoisotopic (exact) mass is 279 g/mol. The Hall–Kier alpha value is -2.04. The van der Waals surface area contributed by atoms with E-state index < -0.39 is 17.7 Å². The maximum atomic E-state index is 11.6. The van der Waals surface area contributed by atoms with Crippen molar-refractivity contribution in [2.45, 2.75) is 39.4 Å². The summed E-state index contributed by atoms with van der Waals surface area (Å²) >= 11 is 0. The molecule has 1 N–H and O–H groups in total. The second-order valence-electron chi connectivity index (χ2n) is 5.40. The normalized spacial score (nSPS) is 12.4. The molecule has 0 aromatic heterocycles. The molecule has 1 rings (SSSR count). The molecule has 0 fully saturated rings. The van der Waals surface area contributed by atoms with Gasteiger partial charge in [-0.15, -0.1) is 0 Å². The Bertz CT molecular complexity index is 451. The van der Waals surface area contributed by atoms with Gasteiger partial charge in [0.15, 0.2) is 0 Å². The van der Waals surface area contributed by atoms with Crippen molar-refractivity contribution in [2.24, 2.45) is 0 Å². The van der Waals surface area contributed by atoms with Gasteiger partial charge in [-0.25, -0.2) is 4.79 Å². The highest BCUT2D eigenvalue weighted by atomic mass is 16.6. The summed E-state index contributed by atoms with van der Waals surface area (Å²) < 4.78 is 10.2. The molecule has 0 spiro atoms. The minimum atomic E-state index is -0.637. The van der Waals surface area contributed by atoms with Crippen molar-refractivity contribution < 1.29 is 19.1 Å². The van der Waals surface area contributed by atoms with Gasteiger partial charge >= 0.3 is 12.1 Å². The fourth-order valence-electron chi connectivity index (χ4n) is 1.49. The number of carbonyl (C=O) groups excluding carboxylic acids is 2. The van der Waals surface area contributed by atoms with Crippen LogP contribution in [-0.2, 0) is 14.3 Å². The van der Waals surface area contributed by atoms with Crippen molar-refractivity contribution in [3.8, 4) is 0 Å². The molecule has 0 aliphatic carbocycles. The van der Waals surface area contributed by atoms with Crippen LogP contribution in [0.2, 0.25) is 0 Å². The van der Waals surface area contributed by atoms with Crippen LogP contribution in [0.3, 0.4) is 0 Å². The van der Waals surface area contributed by atoms with Gasteiger partial charge in [0.2, 0.25) is 0 Å². The molecule has 1 amide bonds. The number of rotatable bonds is 4. The van der Waals surface area contributed by atoms with Gasteiger partial charge in [0.05, 0.1) is 0 Å². The third-order valence-electron chi connectivity index (χ3n) is 2.35. The third kappa shape index (κ3) is 6.22. The number of benzene rings is 1. The number of hydrogen-bond acceptors (Lipinski definition) is 4. The lowest BCUT2D eigenvalue weighted by Gasteiger charge is -2.19. The molecule has 20 heavy (non-hydrogen) atoms. The lowest BCUT2D eigenvalue weighted by Crippen LogP contribution is -2.36. The van der Waals surface area contributed by atoms with Crippen LogP contribution >= 0.6 is 0 Å². The lowest BCUT2D eigenvalue weighted by molar-refractivity contribution is -0.147. The van der Waals surface area contributed by atoms with Crippen LogP contribution in [0, 0.1) is 0 Å². The summed E-state index contributed by atoms with van der Waals surface area (Å²) in [5.74, 6) is -0.507. The summed E-state index contributed by atoms with van der Waals surface area (Å²) in [5, 5.41) is 2.36. The molecular formula is C15H21NO4. The standard InChI is InChI=1S/C15H21NO4/c1-11(12-8-6-5-7-9-12)19-13(17)10-16-14(18)20-15(2,3)4/h5-9,11H,10H2,1-4H3,(H,16,18)/t11-/m1/s1. The molecule has 0 aliphatic rings. The van der Waals surface area contributed by atoms with Gasteiger partial charge in [-0.2, -0.15) is 0 Å². The molecular weight excluding hydrogens is 258 g/mol. The first kappa shape index (κ1) is 16.0. The number of alkyl carbamates (subject to hydrolysis) is 1. The van der Waals surface area contributed by atoms with Gasteiger partial charge in [-0.05, 0) is 33.3 Å². The second-order valence-corrected chi connectivity index (χ2v) is 5.40. The van der Waals surface area contributed by atoms with E-state index in [0.29, 0.717) is 0 Å². The van der Waals surface area contributed by atoms with Gasteiger partial charge in [0.25, 0.3) is 0 Å². The van der Waals surface area contributed by atoms with Gasteiger partial charge < -0.3 is 14.8 Å². The van der Waals surface area contributed by atoms with Crippen LogP contribution in [0.4, 0.5) is 4.79 Å². The highest BCUT2D eigenvalue weighted by Crippen LogP contribution is 2.15. The van der Waals surface area contributed by atoms with E-state index in [1.807, 2.05) is 30.3 Å². The fourth-order valence-corrected chi connectivity index (χ4v) is 1.49. The van der Waals surface area contributed by atoms with E-state index in [9.17, 15) is 9.59 Å². The van der Waals surface area contributed by atoms with E-state index >= 15 is 0 Å². The van der Waals surface area contributed by atoms with E-state index in [4.69, 9.17) is 9.47 Å². The molecule has 5 heteroatoms. The summed E-state index contributed by atoms with van der Waals surface area (Å²) in [5.41, 5.74) is 0.309. The number of carbonyl (C=O) groups is 2. The van der Waals surface area contributed by atoms with Gasteiger partial charge in [-0.3, -0.25) is 4.79 Å². The molecule has 1 aromatic carbocycles. The molecule has 0 saturated heterocycles. The minimum Gasteiger partial charge on any atom is -0.456 e. The number of hydrogen-bond donors (Lipinski definition) is 1. The van der Waals surface area contributed by atoms with Crippen molar-refractivity contribution in [2.75, 3.05) is 6.54 Å². The Morgan fingerprint density at radius 1 is 1.20 bits per heavy atom. The zero-order chi connectivity index (χ0) is 15.2. The second kappa shape index (κ2) is 6.93. The number of ether oxygens (including phenoxy) is 2. The Balaban J connectivity index is 2.36. The number of amides is 1. The SMILES string of the molecule is C[C@@H](OC(=O)CNC(=O)OC(C)(C)C)c1ccccc1. The fraction of sp³-hybridized carbons (Fsp3) is 0.467. The molecule has 1 atom stereocenters. The Labute approximate surface area is 119 Å². The first-order valence-electron chi connectivity index (χ1n) is 6.49. The van der Waals surface area contributed by atoms with Gasteiger partial charge in [0.1, 0.15) is 18.2 Å². The molecule has 0 radical (unpaired) electrons. The van der Waals surface area contributed by atoms with Crippen LogP contribution in [-0.4, -0.2) is 24.2 Å². The smallest absolute Gasteiger partial charge is 0.408 e. The first-order valence-corrected chi connectivity index (χ1v) is 6.49. The molecule has 0 heterocycles. The topological polar surface area (TPSA) is 64.6 Å². The van der Waals surface area contributed by atoms with Crippen LogP contribution < -0.4 is 5.32 Å². The molecule has 0 bridgehead atoms. The van der Waals surface area contributed by atoms with Crippen LogP contribution in [0.5, 0.6) is 0 Å². The maximum Gasteiger partial charge on any atom is 0.408 e. The predicted molar refractivity (Wildman–Crippen MR) is 75.2 cm³/mol. The Kier molecular flexibility index (Phi) is 5.55. The molecule has 5 nitrogen and oxygen atoms in total. The summed E-state index contributed by atoms with van der Waals surface area (Å²) in [4.78, 5) is 23.0. The van der Waals surface area contributed by atoms with Crippen LogP contribution in [0.25, 0.3) is 0 Å². The molecule has 1 aromatic rings. The summed E-state index contributed by atoms with van der Waals surface area (Å²) in [6.45, 7) is 6.82. The van der Waals surface area contributed by atoms with E-state index in [-0.39, 0.29) is 12.6 Å². The van der Waals surface area contributed by atoms with Crippen molar-refractivity contribution >= 4 is 12.1 Å². The van der Waals surface area contributed by atoms with Crippen molar-refractivity contribution in [1.29, 1.82) is 0 Å². The summed E-state index contributed by atoms with van der Waals surface area (Å²) in [7, 11) is 0. The molecule has 110 valence electrons. The largest absolute Gasteiger partial charge is 0.456 e. The van der Waals surface area contributed by atoms with Crippen LogP contribution in [0.15, 0.2) is 30.3 Å². The molecule has 0 unspecified atom stereocenters. The predicted octanol–water partition coefficient (Wildman–Crippen LogP) is 2.82. The summed E-state index contributed by atoms with van der Waals surface area (Å²) in [6.07, 6.45) is -0.994. The van der Waals surface area contributed by atoms with Gasteiger partial charge in [-0.1, -0.05) is 30.3 Å². The highest BCUT2D eigenvalue weighted by Gasteiger charge is 2.17. The summed E-state index contributed by atoms with van der Waals surface area (Å²) in [6, 6.07) is 9.39. The zero-order valence-corrected chi connectivity index (χ0v) is 12.3. The molecule has 0 aliphatic heterocycles. The average Bonchev–Trinajstić information content (AvgIpc) is 2.35. The van der Waals surface area contributed by atoms with Crippen LogP contribution in [0.1, 0.15) is 39.4 Å². The van der Waals surface area contributed by atoms with E-state index in [0.717, 1.165) is 5.56 Å². The molecule has 0 saturated carbocycles. The third-order valence-corrected chi connectivity index (χ3v) is 2.35. The lowest BCUT2D eigenvalue weighted by atomic mass is 10.1. The average molecular weight is 279 g/mol. The Morgan fingerprint density at radius 3 is 2.35 bits per heavy atom. The Morgan fingerprint density at radius 2 is 1.80 bits per heavy atom. The minimum absolute atomic E-state index is 0.216. The number of esters is 1. The van der Waals surface area contributed by atoms with Crippen molar-refractivity contribution in [3.63, 3.8) is 0 Å². The quantitative estimate of drug-likeness (QED) is 0.861. The van der Waals surface area contributed by atoms with E-state index in [1.54, 1.807) is 27.7 Å². The zero-order valence-electron chi connectivity index (χ0n) is 12.3. The van der Waals surface area contributed by atoms with E-state index in [1.165, 1.54) is 0 Å². The maximum absolute atomic E-state index is 11.6. The van der Waals surface area contributed by atoms with Crippen molar-refractivity contribution in [3.05, 3.63) is 35.9 Å². The highest BCUT2D eigenvalue weighted by molar-refractivity contribution is 5.78. The van der Waals surface area contributed by atoms with Crippen molar-refractivity contribution in [1.82, 2.24) is 5.32 Å².